The molecule has 1 aromatic carbocycles. The Labute approximate surface area is 134 Å². The molecule has 0 unspecified atom stereocenters. The highest BCUT2D eigenvalue weighted by molar-refractivity contribution is 7.93. The largest absolute Gasteiger partial charge is 0.486 e. The molecule has 0 spiro atoms. The summed E-state index contributed by atoms with van der Waals surface area (Å²) in [6.07, 6.45) is 4.48. The van der Waals surface area contributed by atoms with Gasteiger partial charge in [0, 0.05) is 6.20 Å². The van der Waals surface area contributed by atoms with Crippen LogP contribution in [0.15, 0.2) is 36.7 Å². The quantitative estimate of drug-likeness (QED) is 0.898. The third-order valence-electron chi connectivity index (χ3n) is 3.81. The van der Waals surface area contributed by atoms with Crippen LogP contribution < -0.4 is 14.2 Å². The maximum Gasteiger partial charge on any atom is 0.235 e. The van der Waals surface area contributed by atoms with Crippen molar-refractivity contribution in [2.75, 3.05) is 11.3 Å². The Balaban J connectivity index is 1.40. The van der Waals surface area contributed by atoms with Gasteiger partial charge in [0.2, 0.25) is 10.0 Å². The summed E-state index contributed by atoms with van der Waals surface area (Å²) in [5, 5.41) is 3.93. The maximum atomic E-state index is 11.9. The van der Waals surface area contributed by atoms with Gasteiger partial charge in [-0.25, -0.2) is 8.42 Å². The minimum atomic E-state index is -3.26. The van der Waals surface area contributed by atoms with Gasteiger partial charge in [0.1, 0.15) is 6.61 Å². The van der Waals surface area contributed by atoms with E-state index in [1.54, 1.807) is 10.9 Å². The van der Waals surface area contributed by atoms with Gasteiger partial charge in [-0.2, -0.15) is 5.10 Å². The number of hydrogen-bond acceptors (Lipinski definition) is 5. The van der Waals surface area contributed by atoms with E-state index >= 15 is 0 Å². The second-order valence-electron chi connectivity index (χ2n) is 5.80. The zero-order valence-corrected chi connectivity index (χ0v) is 13.2. The molecule has 1 aliphatic carbocycles. The van der Waals surface area contributed by atoms with Crippen LogP contribution in [0.25, 0.3) is 0 Å². The van der Waals surface area contributed by atoms with Crippen LogP contribution in [0.1, 0.15) is 12.8 Å². The molecule has 8 heteroatoms. The Morgan fingerprint density at radius 2 is 2.04 bits per heavy atom. The van der Waals surface area contributed by atoms with Crippen molar-refractivity contribution >= 4 is 15.7 Å². The molecular weight excluding hydrogens is 318 g/mol. The number of anilines is 1. The number of aromatic nitrogens is 2. The molecule has 2 aromatic rings. The minimum Gasteiger partial charge on any atom is -0.486 e. The van der Waals surface area contributed by atoms with Crippen molar-refractivity contribution in [2.45, 2.75) is 30.7 Å². The van der Waals surface area contributed by atoms with Gasteiger partial charge in [0.25, 0.3) is 0 Å². The summed E-state index contributed by atoms with van der Waals surface area (Å²) in [6.45, 7) is 0.916. The monoisotopic (exact) mass is 335 g/mol. The Hall–Kier alpha value is -2.22. The molecule has 0 radical (unpaired) electrons. The molecule has 1 aliphatic heterocycles. The summed E-state index contributed by atoms with van der Waals surface area (Å²) in [5.41, 5.74) is 0.481. The van der Waals surface area contributed by atoms with Gasteiger partial charge < -0.3 is 9.47 Å². The second kappa shape index (κ2) is 5.45. The zero-order chi connectivity index (χ0) is 15.9. The summed E-state index contributed by atoms with van der Waals surface area (Å²) in [5.74, 6) is 1.45. The van der Waals surface area contributed by atoms with Crippen molar-refractivity contribution < 1.29 is 17.9 Å². The van der Waals surface area contributed by atoms with Crippen LogP contribution >= 0.6 is 0 Å². The molecule has 4 rings (SSSR count). The van der Waals surface area contributed by atoms with Crippen molar-refractivity contribution in [1.29, 1.82) is 0 Å². The number of benzene rings is 1. The maximum absolute atomic E-state index is 11.9. The number of hydrogen-bond donors (Lipinski definition) is 1. The van der Waals surface area contributed by atoms with Crippen LogP contribution in [0.2, 0.25) is 0 Å². The van der Waals surface area contributed by atoms with E-state index in [1.165, 1.54) is 6.20 Å². The van der Waals surface area contributed by atoms with Crippen LogP contribution in [0.4, 0.5) is 5.69 Å². The molecule has 1 aromatic heterocycles. The van der Waals surface area contributed by atoms with Crippen LogP contribution in [0.5, 0.6) is 11.5 Å². The average molecular weight is 335 g/mol. The van der Waals surface area contributed by atoms with Crippen molar-refractivity contribution in [1.82, 2.24) is 9.78 Å². The summed E-state index contributed by atoms with van der Waals surface area (Å²) in [6, 6.07) is 7.52. The zero-order valence-electron chi connectivity index (χ0n) is 12.4. The third kappa shape index (κ3) is 3.12. The topological polar surface area (TPSA) is 82.5 Å². The molecule has 1 saturated carbocycles. The number of fused-ring (bicyclic) bond motifs is 1. The van der Waals surface area contributed by atoms with Crippen molar-refractivity contribution in [3.63, 3.8) is 0 Å². The predicted molar refractivity (Wildman–Crippen MR) is 84.1 cm³/mol. The van der Waals surface area contributed by atoms with Crippen molar-refractivity contribution in [3.8, 4) is 11.5 Å². The number of nitrogens with one attached hydrogen (secondary N) is 1. The molecule has 7 nitrogen and oxygen atoms in total. The first-order valence-electron chi connectivity index (χ1n) is 7.53. The lowest BCUT2D eigenvalue weighted by Gasteiger charge is -2.26. The lowest BCUT2D eigenvalue weighted by Crippen LogP contribution is -2.33. The highest BCUT2D eigenvalue weighted by Gasteiger charge is 2.36. The SMILES string of the molecule is O=S(=O)(Nc1cnn(C[C@@H]2COc3ccccc3O2)c1)C1CC1. The molecule has 0 saturated heterocycles. The van der Waals surface area contributed by atoms with E-state index in [0.29, 0.717) is 24.6 Å². The van der Waals surface area contributed by atoms with Crippen molar-refractivity contribution in [3.05, 3.63) is 36.7 Å². The first-order chi connectivity index (χ1) is 11.1. The molecule has 1 fully saturated rings. The number of ether oxygens (including phenoxy) is 2. The van der Waals surface area contributed by atoms with E-state index < -0.39 is 10.0 Å². The van der Waals surface area contributed by atoms with Crippen molar-refractivity contribution in [2.24, 2.45) is 0 Å². The van der Waals surface area contributed by atoms with E-state index in [1.807, 2.05) is 24.3 Å². The molecule has 23 heavy (non-hydrogen) atoms. The molecule has 2 aliphatic rings. The lowest BCUT2D eigenvalue weighted by molar-refractivity contribution is 0.0759. The first kappa shape index (κ1) is 14.4. The van der Waals surface area contributed by atoms with Gasteiger partial charge in [0.05, 0.1) is 23.7 Å². The molecule has 0 amide bonds. The number of nitrogens with zero attached hydrogens (tertiary/aromatic N) is 2. The molecule has 2 heterocycles. The van der Waals surface area contributed by atoms with Crippen LogP contribution in [-0.2, 0) is 16.6 Å². The molecule has 122 valence electrons. The third-order valence-corrected chi connectivity index (χ3v) is 5.68. The molecule has 0 bridgehead atoms. The lowest BCUT2D eigenvalue weighted by atomic mass is 10.2. The second-order valence-corrected chi connectivity index (χ2v) is 7.76. The van der Waals surface area contributed by atoms with E-state index in [0.717, 1.165) is 18.6 Å². The van der Waals surface area contributed by atoms with E-state index in [-0.39, 0.29) is 11.4 Å². The summed E-state index contributed by atoms with van der Waals surface area (Å²) in [7, 11) is -3.26. The Morgan fingerprint density at radius 1 is 1.26 bits per heavy atom. The van der Waals surface area contributed by atoms with Crippen LogP contribution in [0.3, 0.4) is 0 Å². The molecular formula is C15H17N3O4S. The fourth-order valence-electron chi connectivity index (χ4n) is 2.50. The standard InChI is InChI=1S/C15H17N3O4S/c19-23(20,13-5-6-13)17-11-7-16-18(8-11)9-12-10-21-14-3-1-2-4-15(14)22-12/h1-4,7-8,12-13,17H,5-6,9-10H2/t12-/m1/s1. The van der Waals surface area contributed by atoms with Gasteiger partial charge in [-0.3, -0.25) is 9.40 Å². The van der Waals surface area contributed by atoms with Crippen LogP contribution in [0, 0.1) is 0 Å². The van der Waals surface area contributed by atoms with Crippen LogP contribution in [-0.4, -0.2) is 36.2 Å². The summed E-state index contributed by atoms with van der Waals surface area (Å²) in [4.78, 5) is 0. The fraction of sp³-hybridized carbons (Fsp3) is 0.400. The normalized spacial score (nSPS) is 20.3. The van der Waals surface area contributed by atoms with Gasteiger partial charge in [0.15, 0.2) is 17.6 Å². The van der Waals surface area contributed by atoms with Gasteiger partial charge in [-0.15, -0.1) is 0 Å². The Bertz CT molecular complexity index is 814. The van der Waals surface area contributed by atoms with E-state index in [2.05, 4.69) is 9.82 Å². The smallest absolute Gasteiger partial charge is 0.235 e. The number of para-hydroxylation sites is 2. The predicted octanol–water partition coefficient (Wildman–Crippen LogP) is 1.63. The van der Waals surface area contributed by atoms with Gasteiger partial charge in [-0.05, 0) is 25.0 Å². The fourth-order valence-corrected chi connectivity index (χ4v) is 3.86. The highest BCUT2D eigenvalue weighted by Crippen LogP contribution is 2.31. The minimum absolute atomic E-state index is 0.169. The Kier molecular flexibility index (Phi) is 3.41. The number of rotatable bonds is 5. The van der Waals surface area contributed by atoms with E-state index in [9.17, 15) is 8.42 Å². The highest BCUT2D eigenvalue weighted by atomic mass is 32.2. The van der Waals surface area contributed by atoms with Gasteiger partial charge >= 0.3 is 0 Å². The number of sulfonamides is 1. The average Bonchev–Trinajstić information content (AvgIpc) is 3.31. The van der Waals surface area contributed by atoms with E-state index in [4.69, 9.17) is 9.47 Å². The summed E-state index contributed by atoms with van der Waals surface area (Å²) < 4.78 is 39.6. The first-order valence-corrected chi connectivity index (χ1v) is 9.07. The summed E-state index contributed by atoms with van der Waals surface area (Å²) >= 11 is 0. The van der Waals surface area contributed by atoms with Gasteiger partial charge in [-0.1, -0.05) is 12.1 Å². The molecule has 1 N–H and O–H groups in total. The Morgan fingerprint density at radius 3 is 2.83 bits per heavy atom. The molecule has 1 atom stereocenters.